The maximum absolute atomic E-state index is 2.48. The van der Waals surface area contributed by atoms with Crippen molar-refractivity contribution < 1.29 is 0 Å². The van der Waals surface area contributed by atoms with Gasteiger partial charge in [-0.1, -0.05) is 212 Å². The molecule has 1 aromatic heterocycles. The number of hydrogen-bond acceptors (Lipinski definition) is 1. The molecule has 0 N–H and O–H groups in total. The zero-order chi connectivity index (χ0) is 41.2. The van der Waals surface area contributed by atoms with Gasteiger partial charge in [-0.3, -0.25) is 0 Å². The Morgan fingerprint density at radius 2 is 0.710 bits per heavy atom. The molecule has 10 aromatic carbocycles. The number of hydrogen-bond donors (Lipinski definition) is 0. The molecule has 0 bridgehead atoms. The summed E-state index contributed by atoms with van der Waals surface area (Å²) in [6, 6.07) is 92.1. The molecule has 0 saturated carbocycles. The third kappa shape index (κ3) is 6.74. The monoisotopic (exact) mass is 790 g/mol. The van der Waals surface area contributed by atoms with Crippen molar-refractivity contribution in [2.75, 3.05) is 4.90 Å². The second-order valence-electron chi connectivity index (χ2n) is 15.7. The predicted octanol–water partition coefficient (Wildman–Crippen LogP) is 16.6. The first kappa shape index (κ1) is 36.8. The maximum Gasteiger partial charge on any atom is 0.0562 e. The van der Waals surface area contributed by atoms with E-state index in [1.54, 1.807) is 0 Å². The van der Waals surface area contributed by atoms with Gasteiger partial charge in [0.1, 0.15) is 0 Å². The van der Waals surface area contributed by atoms with Gasteiger partial charge >= 0.3 is 0 Å². The number of fused-ring (bicyclic) bond motifs is 3. The quantitative estimate of drug-likeness (QED) is 0.141. The Morgan fingerprint density at radius 3 is 1.35 bits per heavy atom. The van der Waals surface area contributed by atoms with Gasteiger partial charge in [-0.15, -0.1) is 0 Å². The van der Waals surface area contributed by atoms with Crippen molar-refractivity contribution in [3.05, 3.63) is 255 Å². The van der Waals surface area contributed by atoms with Gasteiger partial charge in [0.05, 0.1) is 28.1 Å². The third-order valence-electron chi connectivity index (χ3n) is 12.0. The van der Waals surface area contributed by atoms with Gasteiger partial charge in [0.2, 0.25) is 0 Å². The number of aromatic nitrogens is 1. The fraction of sp³-hybridized carbons (Fsp3) is 0. The van der Waals surface area contributed by atoms with Gasteiger partial charge in [0.15, 0.2) is 0 Å². The molecule has 2 heteroatoms. The Labute approximate surface area is 362 Å². The fourth-order valence-electron chi connectivity index (χ4n) is 9.06. The highest BCUT2D eigenvalue weighted by molar-refractivity contribution is 6.17. The normalized spacial score (nSPS) is 11.2. The van der Waals surface area contributed by atoms with Crippen LogP contribution in [-0.4, -0.2) is 4.57 Å². The second kappa shape index (κ2) is 16.1. The van der Waals surface area contributed by atoms with Crippen molar-refractivity contribution in [3.8, 4) is 61.3 Å². The molecule has 2 nitrogen and oxygen atoms in total. The molecule has 292 valence electrons. The fourth-order valence-corrected chi connectivity index (χ4v) is 9.06. The molecule has 0 aliphatic carbocycles. The lowest BCUT2D eigenvalue weighted by atomic mass is 9.97. The van der Waals surface area contributed by atoms with Crippen LogP contribution in [0.25, 0.3) is 83.1 Å². The average Bonchev–Trinajstić information content (AvgIpc) is 3.70. The van der Waals surface area contributed by atoms with E-state index >= 15 is 0 Å². The summed E-state index contributed by atoms with van der Waals surface area (Å²) < 4.78 is 2.48. The molecule has 1 heterocycles. The van der Waals surface area contributed by atoms with Gasteiger partial charge < -0.3 is 9.47 Å². The minimum atomic E-state index is 1.08. The average molecular weight is 791 g/mol. The standard InChI is InChI=1S/C60H42N2/c1-5-18-43(19-6-1)46-32-34-49(35-33-46)52-26-13-15-28-55(52)61(51-39-36-47(37-40-51)44-20-7-2-8-21-44)57-30-17-31-58-60(57)54-27-14-16-29-56(54)62(58)59-42-50(45-22-9-3-10-23-45)38-41-53(59)48-24-11-4-12-25-48/h1-42H. The van der Waals surface area contributed by atoms with Crippen LogP contribution in [0.3, 0.4) is 0 Å². The SMILES string of the molecule is c1ccc(-c2ccc(-c3ccccc3N(c3ccc(-c4ccccc4)cc3)c3cccc4c3c3ccccc3n4-c3cc(-c4ccccc4)ccc3-c3ccccc3)cc2)cc1. The number of nitrogens with zero attached hydrogens (tertiary/aromatic N) is 2. The molecule has 0 amide bonds. The van der Waals surface area contributed by atoms with Crippen molar-refractivity contribution in [1.82, 2.24) is 4.57 Å². The van der Waals surface area contributed by atoms with Crippen LogP contribution in [-0.2, 0) is 0 Å². The second-order valence-corrected chi connectivity index (χ2v) is 15.7. The molecule has 0 aliphatic heterocycles. The molecule has 0 aliphatic rings. The van der Waals surface area contributed by atoms with Crippen molar-refractivity contribution in [3.63, 3.8) is 0 Å². The predicted molar refractivity (Wildman–Crippen MR) is 263 cm³/mol. The zero-order valence-corrected chi connectivity index (χ0v) is 34.1. The molecular weight excluding hydrogens is 749 g/mol. The van der Waals surface area contributed by atoms with Gasteiger partial charge in [0.25, 0.3) is 0 Å². The van der Waals surface area contributed by atoms with E-state index in [1.165, 1.54) is 55.3 Å². The number of para-hydroxylation sites is 2. The maximum atomic E-state index is 2.48. The van der Waals surface area contributed by atoms with Gasteiger partial charge in [-0.25, -0.2) is 0 Å². The van der Waals surface area contributed by atoms with Crippen LogP contribution in [0.15, 0.2) is 255 Å². The summed E-state index contributed by atoms with van der Waals surface area (Å²) in [5.41, 5.74) is 18.5. The van der Waals surface area contributed by atoms with E-state index < -0.39 is 0 Å². The summed E-state index contributed by atoms with van der Waals surface area (Å²) in [5.74, 6) is 0. The smallest absolute Gasteiger partial charge is 0.0562 e. The first-order valence-electron chi connectivity index (χ1n) is 21.3. The highest BCUT2D eigenvalue weighted by Gasteiger charge is 2.24. The summed E-state index contributed by atoms with van der Waals surface area (Å²) in [4.78, 5) is 2.47. The van der Waals surface area contributed by atoms with Crippen LogP contribution in [0.4, 0.5) is 17.1 Å². The number of benzene rings is 10. The molecule has 0 radical (unpaired) electrons. The minimum absolute atomic E-state index is 1.08. The molecule has 62 heavy (non-hydrogen) atoms. The Balaban J connectivity index is 1.16. The van der Waals surface area contributed by atoms with Crippen molar-refractivity contribution in [2.45, 2.75) is 0 Å². The van der Waals surface area contributed by atoms with Crippen LogP contribution >= 0.6 is 0 Å². The first-order valence-corrected chi connectivity index (χ1v) is 21.3. The summed E-state index contributed by atoms with van der Waals surface area (Å²) in [6.45, 7) is 0. The van der Waals surface area contributed by atoms with Gasteiger partial charge in [0, 0.05) is 27.6 Å². The minimum Gasteiger partial charge on any atom is -0.309 e. The molecule has 11 aromatic rings. The van der Waals surface area contributed by atoms with Crippen LogP contribution < -0.4 is 4.90 Å². The topological polar surface area (TPSA) is 8.17 Å². The van der Waals surface area contributed by atoms with Crippen molar-refractivity contribution >= 4 is 38.9 Å². The largest absolute Gasteiger partial charge is 0.309 e. The Morgan fingerprint density at radius 1 is 0.274 bits per heavy atom. The van der Waals surface area contributed by atoms with Crippen molar-refractivity contribution in [2.24, 2.45) is 0 Å². The van der Waals surface area contributed by atoms with Crippen molar-refractivity contribution in [1.29, 1.82) is 0 Å². The van der Waals surface area contributed by atoms with E-state index in [1.807, 2.05) is 0 Å². The highest BCUT2D eigenvalue weighted by atomic mass is 15.2. The molecule has 0 atom stereocenters. The molecule has 0 saturated heterocycles. The van der Waals surface area contributed by atoms with E-state index in [0.717, 1.165) is 44.9 Å². The Hall–Kier alpha value is -8.20. The van der Waals surface area contributed by atoms with Crippen LogP contribution in [0, 0.1) is 0 Å². The Bertz CT molecular complexity index is 3300. The summed E-state index contributed by atoms with van der Waals surface area (Å²) >= 11 is 0. The van der Waals surface area contributed by atoms with Gasteiger partial charge in [-0.2, -0.15) is 0 Å². The van der Waals surface area contributed by atoms with E-state index in [2.05, 4.69) is 264 Å². The van der Waals surface area contributed by atoms with E-state index in [0.29, 0.717) is 0 Å². The lowest BCUT2D eigenvalue weighted by molar-refractivity contribution is 1.18. The molecule has 0 fully saturated rings. The molecular formula is C60H42N2. The summed E-state index contributed by atoms with van der Waals surface area (Å²) in [7, 11) is 0. The third-order valence-corrected chi connectivity index (χ3v) is 12.0. The molecule has 11 rings (SSSR count). The molecule has 0 unspecified atom stereocenters. The van der Waals surface area contributed by atoms with Crippen LogP contribution in [0.5, 0.6) is 0 Å². The number of rotatable bonds is 9. The lowest BCUT2D eigenvalue weighted by Crippen LogP contribution is -2.11. The van der Waals surface area contributed by atoms with E-state index in [4.69, 9.17) is 0 Å². The van der Waals surface area contributed by atoms with Crippen LogP contribution in [0.2, 0.25) is 0 Å². The summed E-state index contributed by atoms with van der Waals surface area (Å²) in [6.07, 6.45) is 0. The lowest BCUT2D eigenvalue weighted by Gasteiger charge is -2.29. The summed E-state index contributed by atoms with van der Waals surface area (Å²) in [5, 5.41) is 2.38. The Kier molecular flexibility index (Phi) is 9.57. The zero-order valence-electron chi connectivity index (χ0n) is 34.1. The highest BCUT2D eigenvalue weighted by Crippen LogP contribution is 2.48. The molecule has 0 spiro atoms. The first-order chi connectivity index (χ1) is 30.8. The van der Waals surface area contributed by atoms with E-state index in [-0.39, 0.29) is 0 Å². The van der Waals surface area contributed by atoms with Crippen LogP contribution in [0.1, 0.15) is 0 Å². The van der Waals surface area contributed by atoms with Gasteiger partial charge in [-0.05, 0) is 87.0 Å². The number of anilines is 3. The van der Waals surface area contributed by atoms with E-state index in [9.17, 15) is 0 Å².